The highest BCUT2D eigenvalue weighted by Crippen LogP contribution is 2.76. The molecule has 4 heteroatoms. The predicted molar refractivity (Wildman–Crippen MR) is 53.2 cm³/mol. The van der Waals surface area contributed by atoms with Crippen LogP contribution < -0.4 is 0 Å². The van der Waals surface area contributed by atoms with Crippen molar-refractivity contribution in [3.05, 3.63) is 0 Å². The largest absolute Gasteiger partial charge is 0.233 e. The molecular formula is C9H15ClO2S. The first-order valence-corrected chi connectivity index (χ1v) is 7.17. The number of rotatable bonds is 3. The molecule has 3 aliphatic rings. The normalized spacial score (nSPS) is 42.8. The van der Waals surface area contributed by atoms with Crippen molar-refractivity contribution in [2.45, 2.75) is 33.1 Å². The van der Waals surface area contributed by atoms with Gasteiger partial charge in [-0.25, -0.2) is 8.42 Å². The summed E-state index contributed by atoms with van der Waals surface area (Å²) in [5.41, 5.74) is 0.548. The highest BCUT2D eigenvalue weighted by molar-refractivity contribution is 8.13. The quantitative estimate of drug-likeness (QED) is 0.688. The number of halogens is 1. The van der Waals surface area contributed by atoms with E-state index in [2.05, 4.69) is 13.8 Å². The number of hydrogen-bond acceptors (Lipinski definition) is 2. The summed E-state index contributed by atoms with van der Waals surface area (Å²) in [6, 6.07) is 0. The first-order valence-electron chi connectivity index (χ1n) is 4.69. The fourth-order valence-corrected chi connectivity index (χ4v) is 4.95. The Morgan fingerprint density at radius 3 is 2.08 bits per heavy atom. The van der Waals surface area contributed by atoms with Crippen LogP contribution in [0.25, 0.3) is 0 Å². The average Bonchev–Trinajstić information content (AvgIpc) is 1.71. The van der Waals surface area contributed by atoms with Crippen LogP contribution in [0.2, 0.25) is 0 Å². The SMILES string of the molecule is CC(C)C12CC(CS(=O)(=O)Cl)(C1)C2. The maximum absolute atomic E-state index is 10.9. The van der Waals surface area contributed by atoms with E-state index in [9.17, 15) is 8.42 Å². The molecule has 0 heterocycles. The summed E-state index contributed by atoms with van der Waals surface area (Å²) in [5.74, 6) is 0.878. The zero-order valence-corrected chi connectivity index (χ0v) is 9.58. The van der Waals surface area contributed by atoms with Gasteiger partial charge < -0.3 is 0 Å². The lowest BCUT2D eigenvalue weighted by Gasteiger charge is -2.72. The Morgan fingerprint density at radius 1 is 1.31 bits per heavy atom. The summed E-state index contributed by atoms with van der Waals surface area (Å²) in [6.07, 6.45) is 3.22. The van der Waals surface area contributed by atoms with Crippen LogP contribution in [-0.4, -0.2) is 14.2 Å². The molecule has 76 valence electrons. The molecule has 0 amide bonds. The summed E-state index contributed by atoms with van der Waals surface area (Å²) in [5, 5.41) is 0. The maximum atomic E-state index is 10.9. The lowest BCUT2D eigenvalue weighted by molar-refractivity contribution is -0.214. The van der Waals surface area contributed by atoms with E-state index in [4.69, 9.17) is 10.7 Å². The smallest absolute Gasteiger partial charge is 0.212 e. The van der Waals surface area contributed by atoms with Crippen molar-refractivity contribution in [3.8, 4) is 0 Å². The van der Waals surface area contributed by atoms with Crippen molar-refractivity contribution in [2.24, 2.45) is 16.7 Å². The fraction of sp³-hybridized carbons (Fsp3) is 1.00. The minimum absolute atomic E-state index is 0.0743. The van der Waals surface area contributed by atoms with E-state index in [1.165, 1.54) is 0 Å². The first kappa shape index (κ1) is 9.78. The Hall–Kier alpha value is 0.240. The molecule has 0 aliphatic heterocycles. The molecule has 2 bridgehead atoms. The lowest BCUT2D eigenvalue weighted by atomic mass is 9.33. The van der Waals surface area contributed by atoms with Crippen molar-refractivity contribution in [1.29, 1.82) is 0 Å². The highest BCUT2D eigenvalue weighted by atomic mass is 35.7. The summed E-state index contributed by atoms with van der Waals surface area (Å²) >= 11 is 0. The molecule has 3 fully saturated rings. The third-order valence-electron chi connectivity index (χ3n) is 3.88. The molecule has 0 unspecified atom stereocenters. The summed E-state index contributed by atoms with van der Waals surface area (Å²) in [7, 11) is 1.97. The molecule has 2 nitrogen and oxygen atoms in total. The Morgan fingerprint density at radius 2 is 1.77 bits per heavy atom. The van der Waals surface area contributed by atoms with E-state index in [0.717, 1.165) is 19.3 Å². The van der Waals surface area contributed by atoms with Gasteiger partial charge in [0, 0.05) is 10.7 Å². The van der Waals surface area contributed by atoms with Gasteiger partial charge in [0.1, 0.15) is 0 Å². The van der Waals surface area contributed by atoms with Crippen LogP contribution in [0, 0.1) is 16.7 Å². The molecule has 0 aromatic carbocycles. The molecule has 0 radical (unpaired) electrons. The minimum Gasteiger partial charge on any atom is -0.212 e. The third kappa shape index (κ3) is 1.40. The predicted octanol–water partition coefficient (Wildman–Crippen LogP) is 2.38. The monoisotopic (exact) mass is 222 g/mol. The molecule has 0 aromatic rings. The molecule has 0 atom stereocenters. The summed E-state index contributed by atoms with van der Waals surface area (Å²) in [4.78, 5) is 0. The minimum atomic E-state index is -3.28. The van der Waals surface area contributed by atoms with Crippen LogP contribution in [0.5, 0.6) is 0 Å². The molecule has 3 aliphatic carbocycles. The van der Waals surface area contributed by atoms with Gasteiger partial charge in [0.2, 0.25) is 9.05 Å². The molecule has 0 N–H and O–H groups in total. The molecule has 0 spiro atoms. The Labute approximate surface area is 84.1 Å². The van der Waals surface area contributed by atoms with Gasteiger partial charge in [0.05, 0.1) is 5.75 Å². The second kappa shape index (κ2) is 2.43. The average molecular weight is 223 g/mol. The molecular weight excluding hydrogens is 208 g/mol. The second-order valence-electron chi connectivity index (χ2n) is 5.23. The van der Waals surface area contributed by atoms with Crippen LogP contribution in [-0.2, 0) is 9.05 Å². The Bertz CT molecular complexity index is 312. The Kier molecular flexibility index (Phi) is 1.83. The van der Waals surface area contributed by atoms with Gasteiger partial charge in [-0.3, -0.25) is 0 Å². The van der Waals surface area contributed by atoms with Crippen LogP contribution >= 0.6 is 10.7 Å². The second-order valence-corrected chi connectivity index (χ2v) is 8.01. The van der Waals surface area contributed by atoms with Gasteiger partial charge in [-0.2, -0.15) is 0 Å². The molecule has 0 aromatic heterocycles. The van der Waals surface area contributed by atoms with E-state index in [0.29, 0.717) is 11.3 Å². The summed E-state index contributed by atoms with van der Waals surface area (Å²) < 4.78 is 21.8. The third-order valence-corrected chi connectivity index (χ3v) is 5.17. The van der Waals surface area contributed by atoms with Crippen LogP contribution in [0.15, 0.2) is 0 Å². The molecule has 3 rings (SSSR count). The maximum Gasteiger partial charge on any atom is 0.233 e. The molecule has 13 heavy (non-hydrogen) atoms. The van der Waals surface area contributed by atoms with E-state index >= 15 is 0 Å². The van der Waals surface area contributed by atoms with Gasteiger partial charge in [-0.1, -0.05) is 13.8 Å². The van der Waals surface area contributed by atoms with E-state index in [-0.39, 0.29) is 11.2 Å². The van der Waals surface area contributed by atoms with E-state index in [1.54, 1.807) is 0 Å². The number of hydrogen-bond donors (Lipinski definition) is 0. The lowest BCUT2D eigenvalue weighted by Crippen LogP contribution is -2.66. The van der Waals surface area contributed by atoms with Crippen LogP contribution in [0.4, 0.5) is 0 Å². The van der Waals surface area contributed by atoms with Crippen molar-refractivity contribution < 1.29 is 8.42 Å². The molecule has 3 saturated carbocycles. The Balaban J connectivity index is 1.98. The summed E-state index contributed by atoms with van der Waals surface area (Å²) in [6.45, 7) is 4.44. The van der Waals surface area contributed by atoms with Crippen molar-refractivity contribution in [3.63, 3.8) is 0 Å². The van der Waals surface area contributed by atoms with Crippen LogP contribution in [0.1, 0.15) is 33.1 Å². The topological polar surface area (TPSA) is 34.1 Å². The highest BCUT2D eigenvalue weighted by Gasteiger charge is 2.69. The standard InChI is InChI=1S/C9H15ClO2S/c1-7(2)9-3-8(4-9,5-9)6-13(10,11)12/h7H,3-6H2,1-2H3. The van der Waals surface area contributed by atoms with E-state index < -0.39 is 9.05 Å². The van der Waals surface area contributed by atoms with Crippen molar-refractivity contribution in [1.82, 2.24) is 0 Å². The van der Waals surface area contributed by atoms with Crippen molar-refractivity contribution in [2.75, 3.05) is 5.75 Å². The van der Waals surface area contributed by atoms with Gasteiger partial charge >= 0.3 is 0 Å². The zero-order valence-electron chi connectivity index (χ0n) is 8.01. The zero-order chi connectivity index (χ0) is 9.91. The van der Waals surface area contributed by atoms with Crippen molar-refractivity contribution >= 4 is 19.7 Å². The van der Waals surface area contributed by atoms with Gasteiger partial charge in [0.25, 0.3) is 0 Å². The first-order chi connectivity index (χ1) is 5.77. The fourth-order valence-electron chi connectivity index (χ4n) is 3.22. The van der Waals surface area contributed by atoms with Gasteiger partial charge in [-0.05, 0) is 36.0 Å². The van der Waals surface area contributed by atoms with E-state index in [1.807, 2.05) is 0 Å². The van der Waals surface area contributed by atoms with Gasteiger partial charge in [0.15, 0.2) is 0 Å². The van der Waals surface area contributed by atoms with Gasteiger partial charge in [-0.15, -0.1) is 0 Å². The van der Waals surface area contributed by atoms with Crippen LogP contribution in [0.3, 0.4) is 0 Å². The molecule has 0 saturated heterocycles.